The van der Waals surface area contributed by atoms with E-state index < -0.39 is 10.1 Å². The van der Waals surface area contributed by atoms with Gasteiger partial charge in [-0.05, 0) is 158 Å². The van der Waals surface area contributed by atoms with Gasteiger partial charge in [0.15, 0.2) is 5.65 Å². The molecule has 430 valence electrons. The minimum absolute atomic E-state index is 0.160. The maximum absolute atomic E-state index is 12.9. The molecule has 0 saturated heterocycles. The van der Waals surface area contributed by atoms with Crippen molar-refractivity contribution in [1.29, 1.82) is 0 Å². The molecule has 0 saturated carbocycles. The Morgan fingerprint density at radius 2 is 0.953 bits per heavy atom. The van der Waals surface area contributed by atoms with Gasteiger partial charge < -0.3 is 24.3 Å². The molecule has 4 heterocycles. The molecule has 0 aliphatic heterocycles. The van der Waals surface area contributed by atoms with Crippen molar-refractivity contribution >= 4 is 55.2 Å². The Labute approximate surface area is 500 Å². The van der Waals surface area contributed by atoms with E-state index in [9.17, 15) is 22.6 Å². The highest BCUT2D eigenvalue weighted by molar-refractivity contribution is 7.85. The van der Waals surface area contributed by atoms with Crippen LogP contribution >= 0.6 is 0 Å². The van der Waals surface area contributed by atoms with Crippen LogP contribution in [0.1, 0.15) is 67.4 Å². The lowest BCUT2D eigenvalue weighted by atomic mass is 9.93. The molecule has 4 aromatic heterocycles. The molecule has 12 aromatic rings. The van der Waals surface area contributed by atoms with Gasteiger partial charge in [-0.3, -0.25) is 14.1 Å². The van der Waals surface area contributed by atoms with Gasteiger partial charge in [0.1, 0.15) is 23.0 Å². The second kappa shape index (κ2) is 23.3. The standard InChI is InChI=1S/C71H65N9O5S/c1-8-78-64-32-27-51(86(83,84)85)41-62(64)76-66(78)58-20-12-9-18-56(58)53-29-24-47(37-45(53)4)16-15-34-80-68(77-63-40-50(71(82)73-7)42-74-69(63)80)60-22-14-11-19-57(60)54-30-25-48(38-46(54)5)33-35-79-65-31-26-49(70(81)72-6)39-61(65)75-67(79)59-21-13-10-17-55(59)52-28-23-43(2)36-44(52)3/h9-14,17-32,36-42H,8,15-16,33-35H2,1-7H3,(H,72,81)(H,73,82)(H,83,84,85). The van der Waals surface area contributed by atoms with Crippen LogP contribution in [-0.4, -0.2) is 72.5 Å². The summed E-state index contributed by atoms with van der Waals surface area (Å²) >= 11 is 0. The Morgan fingerprint density at radius 1 is 0.477 bits per heavy atom. The SMILES string of the molecule is CCn1c(-c2ccccc2-c2ccc(CCCn3c(-c4ccccc4-c4ccc(CCn5c(-c6ccccc6-c6ccc(C)cc6C)nc6cc(C(=O)NC)ccc65)cc4C)nc4cc(C(=O)NC)cnc43)cc2C)nc2cc(S(=O)(=O)O)ccc21. The Balaban J connectivity index is 0.836. The fraction of sp³-hybridized carbons (Fsp3) is 0.183. The largest absolute Gasteiger partial charge is 0.355 e. The minimum Gasteiger partial charge on any atom is -0.355 e. The number of hydrogen-bond donors (Lipinski definition) is 3. The zero-order valence-corrected chi connectivity index (χ0v) is 49.9. The van der Waals surface area contributed by atoms with E-state index in [0.717, 1.165) is 109 Å². The highest BCUT2D eigenvalue weighted by Crippen LogP contribution is 2.40. The van der Waals surface area contributed by atoms with Crippen molar-refractivity contribution in [3.63, 3.8) is 0 Å². The first-order chi connectivity index (χ1) is 41.6. The van der Waals surface area contributed by atoms with Crippen LogP contribution in [0.2, 0.25) is 0 Å². The Hall–Kier alpha value is -9.83. The van der Waals surface area contributed by atoms with E-state index in [0.29, 0.717) is 53.3 Å². The normalized spacial score (nSPS) is 11.7. The summed E-state index contributed by atoms with van der Waals surface area (Å²) in [6, 6.07) is 56.8. The summed E-state index contributed by atoms with van der Waals surface area (Å²) in [4.78, 5) is 45.9. The third-order valence-electron chi connectivity index (χ3n) is 16.5. The smallest absolute Gasteiger partial charge is 0.294 e. The maximum atomic E-state index is 12.9. The van der Waals surface area contributed by atoms with Crippen LogP contribution in [-0.2, 0) is 42.6 Å². The number of aromatic nitrogens is 7. The molecule has 0 aliphatic rings. The van der Waals surface area contributed by atoms with Crippen molar-refractivity contribution in [1.82, 2.24) is 44.3 Å². The number of nitrogens with zero attached hydrogens (tertiary/aromatic N) is 7. The fourth-order valence-electron chi connectivity index (χ4n) is 12.2. The summed E-state index contributed by atoms with van der Waals surface area (Å²) in [5.41, 5.74) is 21.5. The van der Waals surface area contributed by atoms with Gasteiger partial charge in [-0.15, -0.1) is 0 Å². The van der Waals surface area contributed by atoms with Crippen LogP contribution in [0.15, 0.2) is 181 Å². The molecule has 0 radical (unpaired) electrons. The maximum Gasteiger partial charge on any atom is 0.294 e. The molecule has 3 N–H and O–H groups in total. The molecule has 0 spiro atoms. The van der Waals surface area contributed by atoms with E-state index in [-0.39, 0.29) is 16.7 Å². The van der Waals surface area contributed by atoms with Gasteiger partial charge in [-0.2, -0.15) is 8.42 Å². The van der Waals surface area contributed by atoms with Gasteiger partial charge in [0.2, 0.25) is 0 Å². The Kier molecular flexibility index (Phi) is 15.4. The minimum atomic E-state index is -4.40. The summed E-state index contributed by atoms with van der Waals surface area (Å²) in [5, 5.41) is 5.49. The predicted molar refractivity (Wildman–Crippen MR) is 343 cm³/mol. The second-order valence-corrected chi connectivity index (χ2v) is 23.4. The van der Waals surface area contributed by atoms with Crippen LogP contribution in [0.3, 0.4) is 0 Å². The molecule has 8 aromatic carbocycles. The zero-order chi connectivity index (χ0) is 60.0. The molecule has 14 nitrogen and oxygen atoms in total. The summed E-state index contributed by atoms with van der Waals surface area (Å²) in [6.45, 7) is 12.4. The molecule has 86 heavy (non-hydrogen) atoms. The molecule has 12 rings (SSSR count). The average molecular weight is 1160 g/mol. The second-order valence-electron chi connectivity index (χ2n) is 22.0. The average Bonchev–Trinajstić information content (AvgIpc) is 2.54. The van der Waals surface area contributed by atoms with Crippen LogP contribution < -0.4 is 10.6 Å². The molecular weight excluding hydrogens is 1090 g/mol. The molecule has 0 atom stereocenters. The number of nitrogens with one attached hydrogen (secondary N) is 2. The molecule has 15 heteroatoms. The number of carbonyl (C=O) groups is 2. The number of rotatable bonds is 17. The van der Waals surface area contributed by atoms with Crippen molar-refractivity contribution in [2.24, 2.45) is 0 Å². The molecule has 0 aliphatic carbocycles. The highest BCUT2D eigenvalue weighted by atomic mass is 32.2. The summed E-state index contributed by atoms with van der Waals surface area (Å²) in [5.74, 6) is 1.92. The number of benzene rings is 8. The lowest BCUT2D eigenvalue weighted by Crippen LogP contribution is -2.17. The van der Waals surface area contributed by atoms with E-state index >= 15 is 0 Å². The van der Waals surface area contributed by atoms with Gasteiger partial charge in [0.05, 0.1) is 32.5 Å². The number of fused-ring (bicyclic) bond motifs is 3. The first-order valence-corrected chi connectivity index (χ1v) is 30.4. The molecule has 0 bridgehead atoms. The van der Waals surface area contributed by atoms with E-state index in [1.165, 1.54) is 34.4 Å². The third-order valence-corrected chi connectivity index (χ3v) is 17.3. The third kappa shape index (κ3) is 10.8. The number of hydrogen-bond acceptors (Lipinski definition) is 8. The quantitative estimate of drug-likeness (QED) is 0.0748. The molecule has 0 fully saturated rings. The van der Waals surface area contributed by atoms with Crippen molar-refractivity contribution in [3.05, 3.63) is 221 Å². The van der Waals surface area contributed by atoms with Gasteiger partial charge in [0.25, 0.3) is 21.9 Å². The van der Waals surface area contributed by atoms with Crippen molar-refractivity contribution < 1.29 is 22.6 Å². The fourth-order valence-corrected chi connectivity index (χ4v) is 12.7. The van der Waals surface area contributed by atoms with E-state index in [1.807, 2.05) is 55.5 Å². The van der Waals surface area contributed by atoms with E-state index in [4.69, 9.17) is 19.9 Å². The van der Waals surface area contributed by atoms with E-state index in [1.54, 1.807) is 26.4 Å². The monoisotopic (exact) mass is 1160 g/mol. The zero-order valence-electron chi connectivity index (χ0n) is 49.1. The van der Waals surface area contributed by atoms with Crippen molar-refractivity contribution in [3.8, 4) is 67.5 Å². The number of carbonyl (C=O) groups excluding carboxylic acids is 2. The number of aryl methyl sites for hydroxylation is 9. The first kappa shape index (κ1) is 56.6. The van der Waals surface area contributed by atoms with E-state index in [2.05, 4.69) is 155 Å². The van der Waals surface area contributed by atoms with Gasteiger partial charge in [0, 0.05) is 62.2 Å². The Morgan fingerprint density at radius 3 is 1.51 bits per heavy atom. The molecule has 0 unspecified atom stereocenters. The van der Waals surface area contributed by atoms with Crippen LogP contribution in [0.25, 0.3) is 101 Å². The topological polar surface area (TPSA) is 179 Å². The summed E-state index contributed by atoms with van der Waals surface area (Å²) in [7, 11) is -1.15. The molecule has 2 amide bonds. The number of pyridine rings is 1. The highest BCUT2D eigenvalue weighted by Gasteiger charge is 2.24. The van der Waals surface area contributed by atoms with Crippen LogP contribution in [0, 0.1) is 27.7 Å². The summed E-state index contributed by atoms with van der Waals surface area (Å²) < 4.78 is 40.4. The van der Waals surface area contributed by atoms with Crippen LogP contribution in [0.5, 0.6) is 0 Å². The molecular formula is C71H65N9O5S. The number of amides is 2. The lowest BCUT2D eigenvalue weighted by molar-refractivity contribution is 0.0955. The predicted octanol–water partition coefficient (Wildman–Crippen LogP) is 14.2. The summed E-state index contributed by atoms with van der Waals surface area (Å²) in [6.07, 6.45) is 3.89. The van der Waals surface area contributed by atoms with Crippen molar-refractivity contribution in [2.45, 2.75) is 78.4 Å². The van der Waals surface area contributed by atoms with Gasteiger partial charge >= 0.3 is 0 Å². The van der Waals surface area contributed by atoms with Crippen molar-refractivity contribution in [2.75, 3.05) is 14.1 Å². The lowest BCUT2D eigenvalue weighted by Gasteiger charge is -2.16. The van der Waals surface area contributed by atoms with Crippen LogP contribution in [0.4, 0.5) is 0 Å². The van der Waals surface area contributed by atoms with Gasteiger partial charge in [-0.25, -0.2) is 19.9 Å². The first-order valence-electron chi connectivity index (χ1n) is 28.9. The number of imidazole rings is 3. The Bertz CT molecular complexity index is 4780. The van der Waals surface area contributed by atoms with Gasteiger partial charge in [-0.1, -0.05) is 133 Å².